The first kappa shape index (κ1) is 14.8. The fraction of sp³-hybridized carbons (Fsp3) is 0.929. The number of carbonyl (C=O) groups excluding carboxylic acids is 1. The Labute approximate surface area is 116 Å². The van der Waals surface area contributed by atoms with Crippen LogP contribution >= 0.6 is 0 Å². The molecule has 2 atom stereocenters. The molecule has 0 aromatic heterocycles. The van der Waals surface area contributed by atoms with Crippen molar-refractivity contribution in [3.05, 3.63) is 0 Å². The predicted octanol–water partition coefficient (Wildman–Crippen LogP) is -0.167. The first-order valence-corrected chi connectivity index (χ1v) is 7.50. The molecule has 2 rings (SSSR count). The number of piperazine rings is 1. The standard InChI is InChI=1S/C14H28N4O/c1-12-9-17(10-13(2)16(12)3)11-14(19)18-7-4-5-15-6-8-18/h12-13,15H,4-11H2,1-3H3. The highest BCUT2D eigenvalue weighted by Gasteiger charge is 2.28. The van der Waals surface area contributed by atoms with E-state index in [4.69, 9.17) is 0 Å². The molecule has 0 radical (unpaired) electrons. The summed E-state index contributed by atoms with van der Waals surface area (Å²) in [5.74, 6) is 0.299. The summed E-state index contributed by atoms with van der Waals surface area (Å²) in [5.41, 5.74) is 0. The smallest absolute Gasteiger partial charge is 0.236 e. The van der Waals surface area contributed by atoms with E-state index in [1.807, 2.05) is 4.90 Å². The van der Waals surface area contributed by atoms with Crippen molar-refractivity contribution in [1.29, 1.82) is 0 Å². The second-order valence-corrected chi connectivity index (χ2v) is 6.04. The van der Waals surface area contributed by atoms with Crippen molar-refractivity contribution >= 4 is 5.91 Å². The lowest BCUT2D eigenvalue weighted by Gasteiger charge is -2.42. The molecule has 19 heavy (non-hydrogen) atoms. The van der Waals surface area contributed by atoms with Gasteiger partial charge >= 0.3 is 0 Å². The molecule has 2 aliphatic heterocycles. The third-order valence-electron chi connectivity index (χ3n) is 4.49. The van der Waals surface area contributed by atoms with Crippen molar-refractivity contribution < 1.29 is 4.79 Å². The van der Waals surface area contributed by atoms with E-state index in [-0.39, 0.29) is 0 Å². The molecule has 110 valence electrons. The summed E-state index contributed by atoms with van der Waals surface area (Å²) in [5, 5.41) is 3.34. The van der Waals surface area contributed by atoms with Gasteiger partial charge < -0.3 is 10.2 Å². The van der Waals surface area contributed by atoms with Crippen LogP contribution < -0.4 is 5.32 Å². The highest BCUT2D eigenvalue weighted by molar-refractivity contribution is 5.78. The molecule has 1 amide bonds. The van der Waals surface area contributed by atoms with Crippen molar-refractivity contribution in [2.75, 3.05) is 52.9 Å². The van der Waals surface area contributed by atoms with Crippen molar-refractivity contribution in [2.45, 2.75) is 32.4 Å². The second kappa shape index (κ2) is 6.68. The number of nitrogens with one attached hydrogen (secondary N) is 1. The maximum Gasteiger partial charge on any atom is 0.236 e. The van der Waals surface area contributed by atoms with E-state index in [1.54, 1.807) is 0 Å². The van der Waals surface area contributed by atoms with Gasteiger partial charge in [0.15, 0.2) is 0 Å². The minimum Gasteiger partial charge on any atom is -0.340 e. The molecule has 0 saturated carbocycles. The van der Waals surface area contributed by atoms with Crippen LogP contribution in [-0.4, -0.2) is 85.6 Å². The van der Waals surface area contributed by atoms with Gasteiger partial charge in [0.1, 0.15) is 0 Å². The number of carbonyl (C=O) groups is 1. The summed E-state index contributed by atoms with van der Waals surface area (Å²) >= 11 is 0. The second-order valence-electron chi connectivity index (χ2n) is 6.04. The Balaban J connectivity index is 1.84. The number of rotatable bonds is 2. The van der Waals surface area contributed by atoms with Gasteiger partial charge in [-0.3, -0.25) is 14.6 Å². The van der Waals surface area contributed by atoms with Crippen LogP contribution in [0, 0.1) is 0 Å². The third kappa shape index (κ3) is 3.91. The molecule has 0 spiro atoms. The predicted molar refractivity (Wildman–Crippen MR) is 77.2 cm³/mol. The van der Waals surface area contributed by atoms with Crippen LogP contribution in [0.3, 0.4) is 0 Å². The molecular weight excluding hydrogens is 240 g/mol. The fourth-order valence-corrected chi connectivity index (χ4v) is 3.03. The molecule has 2 unspecified atom stereocenters. The highest BCUT2D eigenvalue weighted by atomic mass is 16.2. The third-order valence-corrected chi connectivity index (χ3v) is 4.49. The zero-order valence-corrected chi connectivity index (χ0v) is 12.6. The largest absolute Gasteiger partial charge is 0.340 e. The van der Waals surface area contributed by atoms with Gasteiger partial charge in [0.2, 0.25) is 5.91 Å². The average molecular weight is 268 g/mol. The minimum atomic E-state index is 0.299. The average Bonchev–Trinajstić information content (AvgIpc) is 2.64. The Kier molecular flexibility index (Phi) is 5.19. The van der Waals surface area contributed by atoms with Crippen LogP contribution in [0.15, 0.2) is 0 Å². The summed E-state index contributed by atoms with van der Waals surface area (Å²) in [4.78, 5) is 19.1. The molecular formula is C14H28N4O. The van der Waals surface area contributed by atoms with Gasteiger partial charge in [-0.2, -0.15) is 0 Å². The van der Waals surface area contributed by atoms with Gasteiger partial charge in [-0.25, -0.2) is 0 Å². The molecule has 1 N–H and O–H groups in total. The first-order chi connectivity index (χ1) is 9.08. The Bertz CT molecular complexity index is 290. The summed E-state index contributed by atoms with van der Waals surface area (Å²) in [6.45, 7) is 10.8. The number of likely N-dealkylation sites (N-methyl/N-ethyl adjacent to an activating group) is 1. The lowest BCUT2D eigenvalue weighted by Crippen LogP contribution is -2.56. The normalized spacial score (nSPS) is 31.2. The zero-order valence-electron chi connectivity index (χ0n) is 12.6. The number of hydrogen-bond donors (Lipinski definition) is 1. The minimum absolute atomic E-state index is 0.299. The molecule has 0 aromatic carbocycles. The topological polar surface area (TPSA) is 38.8 Å². The molecule has 5 heteroatoms. The summed E-state index contributed by atoms with van der Waals surface area (Å²) < 4.78 is 0. The zero-order chi connectivity index (χ0) is 13.8. The Morgan fingerprint density at radius 3 is 2.53 bits per heavy atom. The monoisotopic (exact) mass is 268 g/mol. The lowest BCUT2D eigenvalue weighted by atomic mass is 10.1. The van der Waals surface area contributed by atoms with Crippen LogP contribution in [0.2, 0.25) is 0 Å². The maximum atomic E-state index is 12.4. The van der Waals surface area contributed by atoms with E-state index in [0.29, 0.717) is 24.5 Å². The molecule has 2 saturated heterocycles. The van der Waals surface area contributed by atoms with Crippen LogP contribution in [0.4, 0.5) is 0 Å². The Hall–Kier alpha value is -0.650. The van der Waals surface area contributed by atoms with Crippen molar-refractivity contribution in [2.24, 2.45) is 0 Å². The molecule has 0 bridgehead atoms. The highest BCUT2D eigenvalue weighted by Crippen LogP contribution is 2.13. The van der Waals surface area contributed by atoms with Crippen LogP contribution in [0.25, 0.3) is 0 Å². The summed E-state index contributed by atoms with van der Waals surface area (Å²) in [6.07, 6.45) is 1.07. The van der Waals surface area contributed by atoms with Crippen molar-refractivity contribution in [3.63, 3.8) is 0 Å². The quantitative estimate of drug-likeness (QED) is 0.755. The molecule has 2 fully saturated rings. The SMILES string of the molecule is CC1CN(CC(=O)N2CCCNCC2)CC(C)N1C. The molecule has 2 heterocycles. The molecule has 5 nitrogen and oxygen atoms in total. The Morgan fingerprint density at radius 2 is 1.84 bits per heavy atom. The van der Waals surface area contributed by atoms with Crippen LogP contribution in [0.5, 0.6) is 0 Å². The number of hydrogen-bond acceptors (Lipinski definition) is 4. The summed E-state index contributed by atoms with van der Waals surface area (Å²) in [6, 6.07) is 1.06. The van der Waals surface area contributed by atoms with Crippen molar-refractivity contribution in [1.82, 2.24) is 20.0 Å². The van der Waals surface area contributed by atoms with Gasteiger partial charge in [0.25, 0.3) is 0 Å². The number of amides is 1. The molecule has 2 aliphatic rings. The maximum absolute atomic E-state index is 12.4. The number of nitrogens with zero attached hydrogens (tertiary/aromatic N) is 3. The van der Waals surface area contributed by atoms with E-state index < -0.39 is 0 Å². The van der Waals surface area contributed by atoms with Gasteiger partial charge in [0.05, 0.1) is 6.54 Å². The van der Waals surface area contributed by atoms with E-state index >= 15 is 0 Å². The van der Waals surface area contributed by atoms with Crippen LogP contribution in [-0.2, 0) is 4.79 Å². The van der Waals surface area contributed by atoms with E-state index in [0.717, 1.165) is 45.7 Å². The lowest BCUT2D eigenvalue weighted by molar-refractivity contribution is -0.133. The van der Waals surface area contributed by atoms with Gasteiger partial charge in [-0.15, -0.1) is 0 Å². The van der Waals surface area contributed by atoms with E-state index in [2.05, 4.69) is 36.0 Å². The van der Waals surface area contributed by atoms with Gasteiger partial charge in [-0.1, -0.05) is 0 Å². The summed E-state index contributed by atoms with van der Waals surface area (Å²) in [7, 11) is 2.18. The van der Waals surface area contributed by atoms with Crippen molar-refractivity contribution in [3.8, 4) is 0 Å². The Morgan fingerprint density at radius 1 is 1.16 bits per heavy atom. The van der Waals surface area contributed by atoms with Gasteiger partial charge in [-0.05, 0) is 33.9 Å². The molecule has 0 aromatic rings. The first-order valence-electron chi connectivity index (χ1n) is 7.50. The fourth-order valence-electron chi connectivity index (χ4n) is 3.03. The van der Waals surface area contributed by atoms with Gasteiger partial charge in [0, 0.05) is 44.8 Å². The molecule has 0 aliphatic carbocycles. The van der Waals surface area contributed by atoms with Crippen LogP contribution in [0.1, 0.15) is 20.3 Å². The van der Waals surface area contributed by atoms with E-state index in [1.165, 1.54) is 0 Å². The van der Waals surface area contributed by atoms with E-state index in [9.17, 15) is 4.79 Å².